The SMILES string of the molecule is CN(CCCC(=O)O)C(=O)CCc1ccc(Cl)s1. The lowest BCUT2D eigenvalue weighted by Crippen LogP contribution is -2.28. The molecule has 0 aromatic carbocycles. The second-order valence-electron chi connectivity index (χ2n) is 4.02. The Balaban J connectivity index is 2.25. The Bertz CT molecular complexity index is 419. The van der Waals surface area contributed by atoms with Crippen molar-refractivity contribution in [3.8, 4) is 0 Å². The normalized spacial score (nSPS) is 10.3. The molecule has 0 atom stereocenters. The van der Waals surface area contributed by atoms with Crippen LogP contribution >= 0.6 is 22.9 Å². The van der Waals surface area contributed by atoms with E-state index in [1.807, 2.05) is 12.1 Å². The summed E-state index contributed by atoms with van der Waals surface area (Å²) in [6, 6.07) is 3.74. The highest BCUT2D eigenvalue weighted by atomic mass is 35.5. The minimum absolute atomic E-state index is 0.0323. The van der Waals surface area contributed by atoms with Crippen molar-refractivity contribution in [1.82, 2.24) is 4.90 Å². The van der Waals surface area contributed by atoms with E-state index in [2.05, 4.69) is 0 Å². The maximum Gasteiger partial charge on any atom is 0.303 e. The third-order valence-electron chi connectivity index (χ3n) is 2.52. The molecule has 0 aliphatic carbocycles. The molecule has 0 saturated heterocycles. The van der Waals surface area contributed by atoms with Crippen LogP contribution in [0.1, 0.15) is 24.1 Å². The predicted molar refractivity (Wildman–Crippen MR) is 72.2 cm³/mol. The molecule has 0 bridgehead atoms. The topological polar surface area (TPSA) is 57.6 Å². The molecule has 0 saturated carbocycles. The zero-order valence-corrected chi connectivity index (χ0v) is 11.8. The molecule has 18 heavy (non-hydrogen) atoms. The maximum absolute atomic E-state index is 11.7. The molecule has 1 amide bonds. The van der Waals surface area contributed by atoms with Gasteiger partial charge in [-0.2, -0.15) is 0 Å². The van der Waals surface area contributed by atoms with E-state index in [1.54, 1.807) is 11.9 Å². The summed E-state index contributed by atoms with van der Waals surface area (Å²) in [5.41, 5.74) is 0. The van der Waals surface area contributed by atoms with Crippen LogP contribution in [0, 0.1) is 0 Å². The molecule has 1 heterocycles. The molecular formula is C12H16ClNO3S. The fraction of sp³-hybridized carbons (Fsp3) is 0.500. The van der Waals surface area contributed by atoms with Crippen LogP contribution in [0.4, 0.5) is 0 Å². The van der Waals surface area contributed by atoms with E-state index in [1.165, 1.54) is 11.3 Å². The van der Waals surface area contributed by atoms with Crippen LogP contribution in [-0.2, 0) is 16.0 Å². The number of hydrogen-bond acceptors (Lipinski definition) is 3. The Morgan fingerprint density at radius 2 is 2.11 bits per heavy atom. The van der Waals surface area contributed by atoms with Crippen LogP contribution in [0.15, 0.2) is 12.1 Å². The van der Waals surface area contributed by atoms with Crippen molar-refractivity contribution in [1.29, 1.82) is 0 Å². The molecule has 4 nitrogen and oxygen atoms in total. The average molecular weight is 290 g/mol. The Morgan fingerprint density at radius 3 is 2.67 bits per heavy atom. The minimum Gasteiger partial charge on any atom is -0.481 e. The standard InChI is InChI=1S/C12H16ClNO3S/c1-14(8-2-3-12(16)17)11(15)7-5-9-4-6-10(13)18-9/h4,6H,2-3,5,7-8H2,1H3,(H,16,17). The van der Waals surface area contributed by atoms with E-state index in [0.717, 1.165) is 9.21 Å². The zero-order chi connectivity index (χ0) is 13.5. The highest BCUT2D eigenvalue weighted by Crippen LogP contribution is 2.22. The van der Waals surface area contributed by atoms with E-state index in [4.69, 9.17) is 16.7 Å². The number of carboxylic acids is 1. The van der Waals surface area contributed by atoms with Gasteiger partial charge in [0, 0.05) is 31.3 Å². The molecule has 0 aliphatic rings. The predicted octanol–water partition coefficient (Wildman–Crippen LogP) is 2.66. The largest absolute Gasteiger partial charge is 0.481 e. The van der Waals surface area contributed by atoms with E-state index in [0.29, 0.717) is 25.8 Å². The highest BCUT2D eigenvalue weighted by molar-refractivity contribution is 7.16. The molecule has 0 unspecified atom stereocenters. The summed E-state index contributed by atoms with van der Waals surface area (Å²) in [6.07, 6.45) is 1.69. The summed E-state index contributed by atoms with van der Waals surface area (Å²) >= 11 is 7.28. The van der Waals surface area contributed by atoms with Crippen molar-refractivity contribution >= 4 is 34.8 Å². The van der Waals surface area contributed by atoms with E-state index < -0.39 is 5.97 Å². The number of thiophene rings is 1. The monoisotopic (exact) mass is 289 g/mol. The third kappa shape index (κ3) is 5.51. The van der Waals surface area contributed by atoms with Gasteiger partial charge in [-0.25, -0.2) is 0 Å². The average Bonchev–Trinajstić information content (AvgIpc) is 2.71. The zero-order valence-electron chi connectivity index (χ0n) is 10.2. The lowest BCUT2D eigenvalue weighted by atomic mass is 10.2. The van der Waals surface area contributed by atoms with E-state index >= 15 is 0 Å². The Hall–Kier alpha value is -1.07. The molecule has 1 N–H and O–H groups in total. The number of aryl methyl sites for hydroxylation is 1. The van der Waals surface area contributed by atoms with Crippen molar-refractivity contribution in [2.75, 3.05) is 13.6 Å². The highest BCUT2D eigenvalue weighted by Gasteiger charge is 2.10. The van der Waals surface area contributed by atoms with Gasteiger partial charge in [0.15, 0.2) is 0 Å². The van der Waals surface area contributed by atoms with Crippen molar-refractivity contribution < 1.29 is 14.7 Å². The van der Waals surface area contributed by atoms with Gasteiger partial charge in [-0.15, -0.1) is 11.3 Å². The van der Waals surface area contributed by atoms with Crippen LogP contribution in [0.2, 0.25) is 4.34 Å². The van der Waals surface area contributed by atoms with Gasteiger partial charge >= 0.3 is 5.97 Å². The molecule has 0 aliphatic heterocycles. The lowest BCUT2D eigenvalue weighted by molar-refractivity contribution is -0.138. The van der Waals surface area contributed by atoms with Gasteiger partial charge in [0.05, 0.1) is 4.34 Å². The van der Waals surface area contributed by atoms with E-state index in [-0.39, 0.29) is 12.3 Å². The summed E-state index contributed by atoms with van der Waals surface area (Å²) in [7, 11) is 1.70. The van der Waals surface area contributed by atoms with E-state index in [9.17, 15) is 9.59 Å². The number of nitrogens with zero attached hydrogens (tertiary/aromatic N) is 1. The van der Waals surface area contributed by atoms with Crippen molar-refractivity contribution in [2.45, 2.75) is 25.7 Å². The molecule has 1 aromatic heterocycles. The van der Waals surface area contributed by atoms with Crippen molar-refractivity contribution in [3.05, 3.63) is 21.3 Å². The first kappa shape index (κ1) is 15.0. The first-order chi connectivity index (χ1) is 8.49. The number of hydrogen-bond donors (Lipinski definition) is 1. The Morgan fingerprint density at radius 1 is 1.39 bits per heavy atom. The Kier molecular flexibility index (Phi) is 6.15. The minimum atomic E-state index is -0.830. The summed E-state index contributed by atoms with van der Waals surface area (Å²) in [5.74, 6) is -0.797. The van der Waals surface area contributed by atoms with Crippen molar-refractivity contribution in [2.24, 2.45) is 0 Å². The first-order valence-electron chi connectivity index (χ1n) is 5.69. The number of aliphatic carboxylic acids is 1. The van der Waals surface area contributed by atoms with Gasteiger partial charge in [0.2, 0.25) is 5.91 Å². The van der Waals surface area contributed by atoms with Gasteiger partial charge in [-0.3, -0.25) is 9.59 Å². The number of rotatable bonds is 7. The molecule has 0 spiro atoms. The third-order valence-corrected chi connectivity index (χ3v) is 3.81. The number of carboxylic acid groups (broad SMARTS) is 1. The number of carbonyl (C=O) groups is 2. The molecule has 1 rings (SSSR count). The second-order valence-corrected chi connectivity index (χ2v) is 5.82. The van der Waals surface area contributed by atoms with Gasteiger partial charge in [-0.1, -0.05) is 11.6 Å². The summed E-state index contributed by atoms with van der Waals surface area (Å²) < 4.78 is 0.729. The Labute approximate surface area is 115 Å². The quantitative estimate of drug-likeness (QED) is 0.839. The van der Waals surface area contributed by atoms with Crippen LogP contribution < -0.4 is 0 Å². The second kappa shape index (κ2) is 7.38. The summed E-state index contributed by atoms with van der Waals surface area (Å²) in [5, 5.41) is 8.50. The van der Waals surface area contributed by atoms with Crippen LogP contribution in [0.25, 0.3) is 0 Å². The fourth-order valence-corrected chi connectivity index (χ4v) is 2.59. The molecule has 0 radical (unpaired) electrons. The van der Waals surface area contributed by atoms with Gasteiger partial charge in [-0.05, 0) is 25.0 Å². The van der Waals surface area contributed by atoms with Gasteiger partial charge in [0.25, 0.3) is 0 Å². The summed E-state index contributed by atoms with van der Waals surface area (Å²) in [6.45, 7) is 0.482. The molecular weight excluding hydrogens is 274 g/mol. The fourth-order valence-electron chi connectivity index (χ4n) is 1.50. The van der Waals surface area contributed by atoms with Crippen LogP contribution in [-0.4, -0.2) is 35.5 Å². The van der Waals surface area contributed by atoms with Gasteiger partial charge in [0.1, 0.15) is 0 Å². The number of halogens is 1. The molecule has 6 heteroatoms. The first-order valence-corrected chi connectivity index (χ1v) is 6.88. The molecule has 1 aromatic rings. The van der Waals surface area contributed by atoms with Crippen molar-refractivity contribution in [3.63, 3.8) is 0 Å². The summed E-state index contributed by atoms with van der Waals surface area (Å²) in [4.78, 5) is 24.8. The number of carbonyl (C=O) groups excluding carboxylic acids is 1. The van der Waals surface area contributed by atoms with Gasteiger partial charge < -0.3 is 10.0 Å². The van der Waals surface area contributed by atoms with Crippen LogP contribution in [0.3, 0.4) is 0 Å². The lowest BCUT2D eigenvalue weighted by Gasteiger charge is -2.16. The maximum atomic E-state index is 11.7. The molecule has 0 fully saturated rings. The molecule has 100 valence electrons. The number of amides is 1. The van der Waals surface area contributed by atoms with Crippen LogP contribution in [0.5, 0.6) is 0 Å². The smallest absolute Gasteiger partial charge is 0.303 e.